The first-order chi connectivity index (χ1) is 20.5. The zero-order chi connectivity index (χ0) is 32.2. The Morgan fingerprint density at radius 3 is 2.16 bits per heavy atom. The second kappa shape index (κ2) is 10.8. The number of carbonyl (C=O) groups is 1. The van der Waals surface area contributed by atoms with Crippen molar-refractivity contribution in [2.24, 2.45) is 56.7 Å². The molecule has 0 unspecified atom stereocenters. The van der Waals surface area contributed by atoms with Crippen molar-refractivity contribution in [3.8, 4) is 0 Å². The Morgan fingerprint density at radius 1 is 0.818 bits per heavy atom. The van der Waals surface area contributed by atoms with Gasteiger partial charge in [0.25, 0.3) is 0 Å². The van der Waals surface area contributed by atoms with E-state index in [1.54, 1.807) is 0 Å². The van der Waals surface area contributed by atoms with Crippen LogP contribution in [0.25, 0.3) is 0 Å². The molecule has 0 spiro atoms. The number of hydrogen-bond acceptors (Lipinski definition) is 7. The Hall–Kier alpha value is -0.830. The van der Waals surface area contributed by atoms with Gasteiger partial charge in [0.1, 0.15) is 30.2 Å². The Morgan fingerprint density at radius 2 is 1.52 bits per heavy atom. The number of ether oxygens (including phenoxy) is 2. The first-order valence-electron chi connectivity index (χ1n) is 17.6. The molecule has 1 aliphatic heterocycles. The highest BCUT2D eigenvalue weighted by Gasteiger charge is 2.71. The van der Waals surface area contributed by atoms with Gasteiger partial charge in [0.05, 0.1) is 12.7 Å². The molecule has 1 heterocycles. The van der Waals surface area contributed by atoms with Crippen molar-refractivity contribution in [3.05, 3.63) is 12.2 Å². The molecule has 250 valence electrons. The van der Waals surface area contributed by atoms with Gasteiger partial charge in [0.2, 0.25) is 0 Å². The van der Waals surface area contributed by atoms with E-state index in [0.29, 0.717) is 35.4 Å². The van der Waals surface area contributed by atoms with Crippen LogP contribution in [0.15, 0.2) is 12.2 Å². The molecule has 0 aromatic rings. The number of allylic oxidation sites excluding steroid dienone is 1. The third kappa shape index (κ3) is 4.31. The average Bonchev–Trinajstić information content (AvgIpc) is 3.36. The van der Waals surface area contributed by atoms with Gasteiger partial charge in [-0.2, -0.15) is 0 Å². The highest BCUT2D eigenvalue weighted by atomic mass is 16.7. The molecular formula is C37H60O7. The Bertz CT molecular complexity index is 1150. The van der Waals surface area contributed by atoms with Gasteiger partial charge in [0.15, 0.2) is 6.29 Å². The monoisotopic (exact) mass is 616 g/mol. The van der Waals surface area contributed by atoms with Crippen molar-refractivity contribution in [3.63, 3.8) is 0 Å². The van der Waals surface area contributed by atoms with E-state index in [1.807, 2.05) is 6.92 Å². The van der Waals surface area contributed by atoms with Crippen LogP contribution < -0.4 is 0 Å². The minimum Gasteiger partial charge on any atom is -0.394 e. The number of aliphatic hydroxyl groups is 4. The standard InChI is InChI=1S/C37H60O7/c1-20(2)22-11-16-37(21(3)39)18-17-35(7)23(28(22)37)9-10-26-34(6)14-13-27(33(4,5)25(34)12-15-36(26,35)8)44-32-31(42)30(41)29(40)24(19-38)43-32/h22-32,38,40-42H,1,9-19H2,2-8H3/t22-,23+,24+,25-,26+,27-,28+,29+,30-,31+,32+,34-,35+,36+,37+/m0/s1. The lowest BCUT2D eigenvalue weighted by Gasteiger charge is -2.73. The Labute approximate surface area is 265 Å². The largest absolute Gasteiger partial charge is 0.394 e. The van der Waals surface area contributed by atoms with Gasteiger partial charge in [-0.05, 0) is 129 Å². The van der Waals surface area contributed by atoms with E-state index < -0.39 is 37.3 Å². The van der Waals surface area contributed by atoms with Gasteiger partial charge in [-0.3, -0.25) is 4.79 Å². The molecule has 7 heteroatoms. The SMILES string of the molecule is C=C(C)[C@@H]1CC[C@]2(C(C)=O)CC[C@]3(C)[C@H](CC[C@@H]4[C@@]5(C)CC[C@H](O[C@H]6O[C@H](CO)[C@@H](O)[C@H](O)[C@H]6O)C(C)(C)[C@@H]5CC[C@]43C)[C@@H]12. The number of aliphatic hydroxyl groups excluding tert-OH is 4. The third-order valence-corrected chi connectivity index (χ3v) is 15.9. The summed E-state index contributed by atoms with van der Waals surface area (Å²) < 4.78 is 12.3. The second-order valence-corrected chi connectivity index (χ2v) is 17.6. The van der Waals surface area contributed by atoms with E-state index in [9.17, 15) is 25.2 Å². The van der Waals surface area contributed by atoms with Crippen LogP contribution in [0.3, 0.4) is 0 Å². The molecule has 5 aliphatic carbocycles. The summed E-state index contributed by atoms with van der Waals surface area (Å²) in [5.74, 6) is 2.83. The minimum absolute atomic E-state index is 0.137. The number of Topliss-reactive ketones (excluding diaryl/α,β-unsaturated/α-hetero) is 1. The van der Waals surface area contributed by atoms with Crippen LogP contribution in [0.1, 0.15) is 113 Å². The average molecular weight is 617 g/mol. The predicted molar refractivity (Wildman–Crippen MR) is 168 cm³/mol. The van der Waals surface area contributed by atoms with E-state index in [-0.39, 0.29) is 33.2 Å². The summed E-state index contributed by atoms with van der Waals surface area (Å²) in [6.07, 6.45) is 4.36. The first-order valence-corrected chi connectivity index (χ1v) is 17.6. The molecule has 6 fully saturated rings. The van der Waals surface area contributed by atoms with Gasteiger partial charge in [0, 0.05) is 5.41 Å². The molecular weight excluding hydrogens is 556 g/mol. The molecule has 6 aliphatic rings. The summed E-state index contributed by atoms with van der Waals surface area (Å²) in [6, 6.07) is 0. The summed E-state index contributed by atoms with van der Waals surface area (Å²) in [4.78, 5) is 13.4. The smallest absolute Gasteiger partial charge is 0.186 e. The number of fused-ring (bicyclic) bond motifs is 7. The molecule has 7 nitrogen and oxygen atoms in total. The van der Waals surface area contributed by atoms with Crippen LogP contribution in [0, 0.1) is 56.7 Å². The summed E-state index contributed by atoms with van der Waals surface area (Å²) in [5, 5.41) is 41.1. The molecule has 15 atom stereocenters. The van der Waals surface area contributed by atoms with Gasteiger partial charge in [-0.1, -0.05) is 46.8 Å². The number of rotatable bonds is 5. The van der Waals surface area contributed by atoms with Gasteiger partial charge >= 0.3 is 0 Å². The maximum absolute atomic E-state index is 13.4. The van der Waals surface area contributed by atoms with Crippen LogP contribution >= 0.6 is 0 Å². The van der Waals surface area contributed by atoms with Crippen LogP contribution in [0.4, 0.5) is 0 Å². The van der Waals surface area contributed by atoms with Crippen molar-refractivity contribution in [2.75, 3.05) is 6.61 Å². The molecule has 0 bridgehead atoms. The fourth-order valence-corrected chi connectivity index (χ4v) is 13.3. The van der Waals surface area contributed by atoms with Crippen molar-refractivity contribution in [2.45, 2.75) is 149 Å². The molecule has 0 radical (unpaired) electrons. The van der Waals surface area contributed by atoms with Crippen molar-refractivity contribution < 1.29 is 34.7 Å². The van der Waals surface area contributed by atoms with E-state index in [4.69, 9.17) is 9.47 Å². The minimum atomic E-state index is -1.43. The highest BCUT2D eigenvalue weighted by molar-refractivity contribution is 5.83. The zero-order valence-electron chi connectivity index (χ0n) is 28.3. The molecule has 1 saturated heterocycles. The predicted octanol–water partition coefficient (Wildman–Crippen LogP) is 5.42. The van der Waals surface area contributed by atoms with Crippen molar-refractivity contribution in [1.29, 1.82) is 0 Å². The summed E-state index contributed by atoms with van der Waals surface area (Å²) in [5.41, 5.74) is 1.41. The number of ketones is 1. The summed E-state index contributed by atoms with van der Waals surface area (Å²) >= 11 is 0. The molecule has 44 heavy (non-hydrogen) atoms. The van der Waals surface area contributed by atoms with E-state index in [2.05, 4.69) is 48.1 Å². The van der Waals surface area contributed by atoms with Crippen LogP contribution in [0.5, 0.6) is 0 Å². The molecule has 0 aromatic carbocycles. The number of hydrogen-bond donors (Lipinski definition) is 4. The lowest BCUT2D eigenvalue weighted by molar-refractivity contribution is -0.331. The molecule has 0 aromatic heterocycles. The molecule has 6 rings (SSSR count). The molecule has 0 amide bonds. The van der Waals surface area contributed by atoms with Gasteiger partial charge in [-0.25, -0.2) is 0 Å². The Kier molecular flexibility index (Phi) is 8.16. The van der Waals surface area contributed by atoms with Crippen LogP contribution in [-0.4, -0.2) is 69.6 Å². The van der Waals surface area contributed by atoms with Crippen molar-refractivity contribution >= 4 is 5.78 Å². The van der Waals surface area contributed by atoms with E-state index >= 15 is 0 Å². The van der Waals surface area contributed by atoms with Crippen LogP contribution in [-0.2, 0) is 14.3 Å². The first kappa shape index (κ1) is 33.1. The fourth-order valence-electron chi connectivity index (χ4n) is 13.3. The zero-order valence-corrected chi connectivity index (χ0v) is 28.3. The summed E-state index contributed by atoms with van der Waals surface area (Å²) in [7, 11) is 0. The fraction of sp³-hybridized carbons (Fsp3) is 0.919. The third-order valence-electron chi connectivity index (χ3n) is 15.9. The maximum Gasteiger partial charge on any atom is 0.186 e. The summed E-state index contributed by atoms with van der Waals surface area (Å²) in [6.45, 7) is 20.4. The molecule has 4 N–H and O–H groups in total. The quantitative estimate of drug-likeness (QED) is 0.241. The van der Waals surface area contributed by atoms with E-state index in [1.165, 1.54) is 24.8 Å². The lowest BCUT2D eigenvalue weighted by atomic mass is 9.32. The highest BCUT2D eigenvalue weighted by Crippen LogP contribution is 2.77. The second-order valence-electron chi connectivity index (χ2n) is 17.6. The van der Waals surface area contributed by atoms with Crippen LogP contribution in [0.2, 0.25) is 0 Å². The lowest BCUT2D eigenvalue weighted by Crippen LogP contribution is -2.67. The van der Waals surface area contributed by atoms with Gasteiger partial charge in [-0.15, -0.1) is 0 Å². The van der Waals surface area contributed by atoms with E-state index in [0.717, 1.165) is 44.9 Å². The maximum atomic E-state index is 13.4. The number of carbonyl (C=O) groups excluding carboxylic acids is 1. The normalized spacial score (nSPS) is 54.8. The molecule has 5 saturated carbocycles. The van der Waals surface area contributed by atoms with Gasteiger partial charge < -0.3 is 29.9 Å². The van der Waals surface area contributed by atoms with Crippen molar-refractivity contribution in [1.82, 2.24) is 0 Å². The topological polar surface area (TPSA) is 116 Å². The Balaban J connectivity index is 1.27.